The molecule has 0 atom stereocenters. The summed E-state index contributed by atoms with van der Waals surface area (Å²) in [7, 11) is 3.19. The molecule has 1 aromatic carbocycles. The van der Waals surface area contributed by atoms with Crippen molar-refractivity contribution in [1.82, 2.24) is 9.97 Å². The standard InChI is InChI=1S/C14H15N3O3S/c1-19-10-4-3-9(12(7-10)20-2)8-16-14-15-6-5-11(17-14)13(18)21/h3-7H,8H2,1-2H3,(H,18,21)(H,15,16,17). The number of hydrogen-bond donors (Lipinski definition) is 2. The molecule has 1 heterocycles. The third-order valence-electron chi connectivity index (χ3n) is 2.81. The highest BCUT2D eigenvalue weighted by atomic mass is 32.1. The van der Waals surface area contributed by atoms with Crippen LogP contribution in [0.4, 0.5) is 5.95 Å². The van der Waals surface area contributed by atoms with Crippen molar-refractivity contribution in [2.24, 2.45) is 0 Å². The van der Waals surface area contributed by atoms with Gasteiger partial charge in [0.15, 0.2) is 0 Å². The van der Waals surface area contributed by atoms with E-state index in [1.165, 1.54) is 12.3 Å². The highest BCUT2D eigenvalue weighted by molar-refractivity contribution is 7.97. The summed E-state index contributed by atoms with van der Waals surface area (Å²) < 4.78 is 10.5. The molecule has 1 N–H and O–H groups in total. The van der Waals surface area contributed by atoms with Gasteiger partial charge in [-0.3, -0.25) is 4.79 Å². The van der Waals surface area contributed by atoms with Crippen LogP contribution < -0.4 is 14.8 Å². The number of ether oxygens (including phenoxy) is 2. The van der Waals surface area contributed by atoms with Crippen molar-refractivity contribution in [3.63, 3.8) is 0 Å². The van der Waals surface area contributed by atoms with E-state index in [9.17, 15) is 4.79 Å². The molecule has 110 valence electrons. The molecule has 0 aliphatic carbocycles. The van der Waals surface area contributed by atoms with Gasteiger partial charge in [0.2, 0.25) is 11.1 Å². The molecular formula is C14H15N3O3S. The van der Waals surface area contributed by atoms with Crippen LogP contribution in [0.5, 0.6) is 11.5 Å². The van der Waals surface area contributed by atoms with Crippen LogP contribution in [0.2, 0.25) is 0 Å². The lowest BCUT2D eigenvalue weighted by atomic mass is 10.2. The van der Waals surface area contributed by atoms with Crippen molar-refractivity contribution >= 4 is 23.7 Å². The second-order valence-corrected chi connectivity index (χ2v) is 4.51. The molecule has 0 bridgehead atoms. The third kappa shape index (κ3) is 3.85. The number of nitrogens with one attached hydrogen (secondary N) is 1. The van der Waals surface area contributed by atoms with E-state index in [2.05, 4.69) is 27.9 Å². The molecule has 2 aromatic rings. The van der Waals surface area contributed by atoms with Crippen molar-refractivity contribution in [3.05, 3.63) is 41.7 Å². The quantitative estimate of drug-likeness (QED) is 0.797. The maximum Gasteiger partial charge on any atom is 0.234 e. The van der Waals surface area contributed by atoms with Crippen LogP contribution in [-0.2, 0) is 6.54 Å². The smallest absolute Gasteiger partial charge is 0.234 e. The first-order valence-electron chi connectivity index (χ1n) is 6.15. The Morgan fingerprint density at radius 3 is 2.76 bits per heavy atom. The molecule has 2 rings (SSSR count). The lowest BCUT2D eigenvalue weighted by Gasteiger charge is -2.11. The molecule has 0 aliphatic rings. The average Bonchev–Trinajstić information content (AvgIpc) is 2.53. The number of carbonyl (C=O) groups is 1. The molecule has 0 amide bonds. The monoisotopic (exact) mass is 305 g/mol. The maximum absolute atomic E-state index is 11.2. The molecule has 0 spiro atoms. The van der Waals surface area contributed by atoms with Gasteiger partial charge in [0, 0.05) is 24.4 Å². The van der Waals surface area contributed by atoms with Gasteiger partial charge in [0.05, 0.1) is 14.2 Å². The Balaban J connectivity index is 2.12. The van der Waals surface area contributed by atoms with Crippen LogP contribution in [0.1, 0.15) is 16.1 Å². The number of methoxy groups -OCH3 is 2. The molecule has 0 radical (unpaired) electrons. The zero-order valence-electron chi connectivity index (χ0n) is 11.7. The number of thiol groups is 1. The van der Waals surface area contributed by atoms with E-state index < -0.39 is 5.12 Å². The van der Waals surface area contributed by atoms with Crippen molar-refractivity contribution < 1.29 is 14.3 Å². The average molecular weight is 305 g/mol. The van der Waals surface area contributed by atoms with Gasteiger partial charge in [-0.15, -0.1) is 0 Å². The van der Waals surface area contributed by atoms with Gasteiger partial charge < -0.3 is 14.8 Å². The normalized spacial score (nSPS) is 10.0. The van der Waals surface area contributed by atoms with E-state index in [-0.39, 0.29) is 5.69 Å². The molecule has 21 heavy (non-hydrogen) atoms. The van der Waals surface area contributed by atoms with Gasteiger partial charge in [0.25, 0.3) is 0 Å². The Hall–Kier alpha value is -2.28. The van der Waals surface area contributed by atoms with Crippen LogP contribution in [0.25, 0.3) is 0 Å². The minimum absolute atomic E-state index is 0.248. The molecule has 0 unspecified atom stereocenters. The Morgan fingerprint density at radius 1 is 1.29 bits per heavy atom. The Morgan fingerprint density at radius 2 is 2.10 bits per heavy atom. The zero-order chi connectivity index (χ0) is 15.2. The molecule has 1 aromatic heterocycles. The summed E-state index contributed by atoms with van der Waals surface area (Å²) in [5, 5.41) is 2.64. The lowest BCUT2D eigenvalue weighted by molar-refractivity contribution is 0.108. The Labute approximate surface area is 127 Å². The van der Waals surface area contributed by atoms with Crippen LogP contribution in [0.15, 0.2) is 30.5 Å². The SMILES string of the molecule is COc1ccc(CNc2nccc(C(=O)S)n2)c(OC)c1. The van der Waals surface area contributed by atoms with Crippen LogP contribution >= 0.6 is 12.6 Å². The predicted molar refractivity (Wildman–Crippen MR) is 82.2 cm³/mol. The van der Waals surface area contributed by atoms with Crippen LogP contribution in [0, 0.1) is 0 Å². The Kier molecular flexibility index (Phi) is 4.99. The minimum atomic E-state index is -0.400. The first-order chi connectivity index (χ1) is 10.1. The zero-order valence-corrected chi connectivity index (χ0v) is 12.6. The molecule has 0 fully saturated rings. The largest absolute Gasteiger partial charge is 0.497 e. The number of hydrogen-bond acceptors (Lipinski definition) is 6. The number of anilines is 1. The second kappa shape index (κ2) is 6.94. The minimum Gasteiger partial charge on any atom is -0.497 e. The van der Waals surface area contributed by atoms with Crippen molar-refractivity contribution in [3.8, 4) is 11.5 Å². The number of benzene rings is 1. The van der Waals surface area contributed by atoms with Gasteiger partial charge in [-0.05, 0) is 18.2 Å². The van der Waals surface area contributed by atoms with Gasteiger partial charge in [0.1, 0.15) is 17.2 Å². The van der Waals surface area contributed by atoms with E-state index in [0.717, 1.165) is 11.3 Å². The van der Waals surface area contributed by atoms with E-state index in [0.29, 0.717) is 18.2 Å². The summed E-state index contributed by atoms with van der Waals surface area (Å²) in [6.07, 6.45) is 1.50. The number of rotatable bonds is 6. The van der Waals surface area contributed by atoms with Crippen LogP contribution in [0.3, 0.4) is 0 Å². The van der Waals surface area contributed by atoms with Gasteiger partial charge in [-0.25, -0.2) is 9.97 Å². The predicted octanol–water partition coefficient (Wildman–Crippen LogP) is 2.18. The first-order valence-corrected chi connectivity index (χ1v) is 6.60. The maximum atomic E-state index is 11.2. The summed E-state index contributed by atoms with van der Waals surface area (Å²) in [6.45, 7) is 0.456. The van der Waals surface area contributed by atoms with E-state index in [1.807, 2.05) is 12.1 Å². The second-order valence-electron chi connectivity index (χ2n) is 4.10. The van der Waals surface area contributed by atoms with E-state index >= 15 is 0 Å². The summed E-state index contributed by atoms with van der Waals surface area (Å²) in [5.41, 5.74) is 1.17. The molecular weight excluding hydrogens is 290 g/mol. The highest BCUT2D eigenvalue weighted by Crippen LogP contribution is 2.25. The van der Waals surface area contributed by atoms with E-state index in [1.54, 1.807) is 20.3 Å². The van der Waals surface area contributed by atoms with Gasteiger partial charge >= 0.3 is 0 Å². The third-order valence-corrected chi connectivity index (χ3v) is 3.03. The fraction of sp³-hybridized carbons (Fsp3) is 0.214. The fourth-order valence-corrected chi connectivity index (χ4v) is 1.86. The lowest BCUT2D eigenvalue weighted by Crippen LogP contribution is -2.07. The van der Waals surface area contributed by atoms with Gasteiger partial charge in [-0.1, -0.05) is 12.6 Å². The summed E-state index contributed by atoms with van der Waals surface area (Å²) in [6, 6.07) is 7.03. The molecule has 7 heteroatoms. The first kappa shape index (κ1) is 15.1. The van der Waals surface area contributed by atoms with Gasteiger partial charge in [-0.2, -0.15) is 0 Å². The highest BCUT2D eigenvalue weighted by Gasteiger charge is 2.07. The number of aromatic nitrogens is 2. The summed E-state index contributed by atoms with van der Waals surface area (Å²) >= 11 is 3.74. The molecule has 0 saturated heterocycles. The molecule has 0 aliphatic heterocycles. The van der Waals surface area contributed by atoms with E-state index in [4.69, 9.17) is 9.47 Å². The summed E-state index contributed by atoms with van der Waals surface area (Å²) in [4.78, 5) is 19.3. The number of nitrogens with zero attached hydrogens (tertiary/aromatic N) is 2. The fourth-order valence-electron chi connectivity index (χ4n) is 1.74. The van der Waals surface area contributed by atoms with Crippen LogP contribution in [-0.4, -0.2) is 29.3 Å². The van der Waals surface area contributed by atoms with Crippen molar-refractivity contribution in [2.45, 2.75) is 6.54 Å². The Bertz CT molecular complexity index is 649. The van der Waals surface area contributed by atoms with Crippen molar-refractivity contribution in [1.29, 1.82) is 0 Å². The molecule has 6 nitrogen and oxygen atoms in total. The topological polar surface area (TPSA) is 73.3 Å². The number of carbonyl (C=O) groups excluding carboxylic acids is 1. The summed E-state index contributed by atoms with van der Waals surface area (Å²) in [5.74, 6) is 1.77. The van der Waals surface area contributed by atoms with Crippen molar-refractivity contribution in [2.75, 3.05) is 19.5 Å². The molecule has 0 saturated carbocycles.